The number of thiophene rings is 3. The van der Waals surface area contributed by atoms with Gasteiger partial charge in [0, 0.05) is 21.5 Å². The van der Waals surface area contributed by atoms with Gasteiger partial charge < -0.3 is 14.6 Å². The number of aromatic nitrogens is 5. The molecule has 0 saturated heterocycles. The van der Waals surface area contributed by atoms with Crippen LogP contribution in [0.5, 0.6) is 0 Å². The van der Waals surface area contributed by atoms with E-state index in [4.69, 9.17) is 49.4 Å². The predicted octanol–water partition coefficient (Wildman–Crippen LogP) is 11.5. The number of H-pyrrole nitrogens is 1. The number of nitrogens with zero attached hydrogens (tertiary/aromatic N) is 4. The Balaban J connectivity index is 0.000000228. The first-order chi connectivity index (χ1) is 29.2. The molecule has 21 heteroatoms. The van der Waals surface area contributed by atoms with E-state index in [0.717, 1.165) is 78.4 Å². The minimum atomic E-state index is -1.11. The second-order valence-corrected chi connectivity index (χ2v) is 18.0. The normalized spacial score (nSPS) is 10.5. The van der Waals surface area contributed by atoms with Gasteiger partial charge in [0.05, 0.1) is 67.4 Å². The smallest absolute Gasteiger partial charge is 0.349 e. The molecule has 0 unspecified atom stereocenters. The summed E-state index contributed by atoms with van der Waals surface area (Å²) in [5, 5.41) is 20.7. The Morgan fingerprint density at radius 2 is 1.24 bits per heavy atom. The Labute approximate surface area is 392 Å². The quantitative estimate of drug-likeness (QED) is 0.0291. The zero-order valence-corrected chi connectivity index (χ0v) is 41.8. The Bertz CT molecular complexity index is 2890. The molecule has 0 bridgehead atoms. The zero-order chi connectivity index (χ0) is 46.9. The van der Waals surface area contributed by atoms with E-state index in [-0.39, 0.29) is 27.8 Å². The first-order valence-electron chi connectivity index (χ1n) is 18.5. The van der Waals surface area contributed by atoms with Crippen molar-refractivity contribution in [1.29, 1.82) is 0 Å². The number of hydrogen-bond donors (Lipinski definition) is 4. The van der Waals surface area contributed by atoms with Crippen molar-refractivity contribution < 1.29 is 29.0 Å². The van der Waals surface area contributed by atoms with E-state index in [1.54, 1.807) is 20.8 Å². The lowest BCUT2D eigenvalue weighted by Crippen LogP contribution is -2.07. The number of pyridine rings is 3. The first kappa shape index (κ1) is 52.2. The molecule has 0 fully saturated rings. The topological polar surface area (TPSA) is 226 Å². The monoisotopic (exact) mass is 1030 g/mol. The number of fused-ring (bicyclic) bond motifs is 5. The van der Waals surface area contributed by atoms with Gasteiger partial charge in [-0.3, -0.25) is 21.3 Å². The third kappa shape index (κ3) is 11.2. The highest BCUT2D eigenvalue weighted by atomic mass is 79.9. The highest BCUT2D eigenvalue weighted by Gasteiger charge is 2.25. The van der Waals surface area contributed by atoms with Gasteiger partial charge in [0.25, 0.3) is 5.56 Å². The molecule has 0 aliphatic rings. The van der Waals surface area contributed by atoms with Crippen molar-refractivity contribution >= 4 is 143 Å². The fraction of sp³-hybridized carbons (Fsp3) is 0.317. The maximum Gasteiger partial charge on any atom is 0.349 e. The molecule has 0 radical (unpaired) electrons. The average Bonchev–Trinajstić information content (AvgIpc) is 3.92. The number of carbonyl (C=O) groups excluding carboxylic acids is 2. The molecule has 7 aromatic heterocycles. The molecule has 14 nitrogen and oxygen atoms in total. The molecule has 0 aliphatic heterocycles. The maximum atomic E-state index is 11.8. The van der Waals surface area contributed by atoms with Crippen LogP contribution in [0.15, 0.2) is 22.1 Å². The molecule has 0 aliphatic carbocycles. The molecule has 6 N–H and O–H groups in total. The highest BCUT2D eigenvalue weighted by molar-refractivity contribution is 9.10. The van der Waals surface area contributed by atoms with Crippen molar-refractivity contribution in [3.63, 3.8) is 0 Å². The third-order valence-electron chi connectivity index (χ3n) is 8.82. The molecule has 0 amide bonds. The highest BCUT2D eigenvalue weighted by Crippen LogP contribution is 2.41. The largest absolute Gasteiger partial charge is 0.502 e. The van der Waals surface area contributed by atoms with Crippen molar-refractivity contribution in [2.45, 2.75) is 75.7 Å². The Morgan fingerprint density at radius 1 is 0.774 bits per heavy atom. The third-order valence-corrected chi connectivity index (χ3v) is 14.8. The van der Waals surface area contributed by atoms with Crippen molar-refractivity contribution in [3.05, 3.63) is 97.5 Å². The molecule has 7 heterocycles. The molecule has 0 atom stereocenters. The first-order valence-corrected chi connectivity index (χ1v) is 22.9. The summed E-state index contributed by atoms with van der Waals surface area (Å²) in [6.07, 6.45) is 2.52. The van der Waals surface area contributed by atoms with Gasteiger partial charge in [-0.05, 0) is 101 Å². The minimum absolute atomic E-state index is 0.0229. The van der Waals surface area contributed by atoms with E-state index in [0.29, 0.717) is 57.2 Å². The number of aromatic carboxylic acids is 1. The average molecular weight is 1030 g/mol. The number of rotatable bonds is 7. The fourth-order valence-electron chi connectivity index (χ4n) is 6.00. The van der Waals surface area contributed by atoms with Crippen molar-refractivity contribution in [1.82, 2.24) is 25.1 Å². The molecule has 62 heavy (non-hydrogen) atoms. The van der Waals surface area contributed by atoms with Crippen LogP contribution in [-0.2, 0) is 9.47 Å². The van der Waals surface area contributed by atoms with E-state index in [9.17, 15) is 19.2 Å². The van der Waals surface area contributed by atoms with Crippen LogP contribution in [0.25, 0.3) is 40.7 Å². The lowest BCUT2D eigenvalue weighted by molar-refractivity contribution is 0.0530. The minimum Gasteiger partial charge on any atom is -0.502 e. The molecule has 0 saturated carbocycles. The summed E-state index contributed by atoms with van der Waals surface area (Å²) in [7, 11) is 0. The van der Waals surface area contributed by atoms with Crippen molar-refractivity contribution in [3.8, 4) is 0 Å². The number of hydrazine groups is 1. The number of Topliss-reactive ketones (excluding diaryl/α,β-unsaturated/α-hetero) is 1. The number of aromatic amines is 1. The molecule has 332 valence electrons. The standard InChI is InChI=1S/C12H11BrClNO2S.C12H10ClN3OS.C12H10ClNO3S.C5H10O.H4N2/c1-4-17-12(16)10-8(13)7-5(2)9(14)6(3)15-11(7)18-10;1-4-7-8-5(2)15-16-11(17)10(8)18-12(7)14-6(3)9(4)13;1-4-7-8(6(3)15)10(12(16)17)18-11(7)14-5(2)9(4)13;1-3-5-6-4-2;1-2/h4H2,1-3H3;2*1-3H3,(H,16,17);4H,2-3,5H2,1H3;1-2H2. The Kier molecular flexibility index (Phi) is 19.4. The van der Waals surface area contributed by atoms with Crippen molar-refractivity contribution in [2.24, 2.45) is 11.7 Å². The summed E-state index contributed by atoms with van der Waals surface area (Å²) in [6, 6.07) is 0. The van der Waals surface area contributed by atoms with Crippen LogP contribution >= 0.6 is 84.7 Å². The van der Waals surface area contributed by atoms with E-state index in [1.165, 1.54) is 35.9 Å². The fourth-order valence-corrected chi connectivity index (χ4v) is 10.9. The van der Waals surface area contributed by atoms with Gasteiger partial charge in [-0.2, -0.15) is 5.10 Å². The molecule has 0 aromatic carbocycles. The van der Waals surface area contributed by atoms with E-state index < -0.39 is 5.97 Å². The number of ketones is 1. The number of ether oxygens (including phenoxy) is 2. The summed E-state index contributed by atoms with van der Waals surface area (Å²) in [5.41, 5.74) is 5.60. The number of carboxylic acids is 1. The number of carboxylic acid groups (broad SMARTS) is 1. The number of nitrogens with two attached hydrogens (primary N) is 2. The number of nitrogens with one attached hydrogen (secondary N) is 1. The summed E-state index contributed by atoms with van der Waals surface area (Å²) in [5.74, 6) is 6.26. The lowest BCUT2D eigenvalue weighted by Gasteiger charge is -2.04. The van der Waals surface area contributed by atoms with E-state index in [1.807, 2.05) is 34.6 Å². The van der Waals surface area contributed by atoms with Gasteiger partial charge >= 0.3 is 11.9 Å². The second-order valence-electron chi connectivity index (χ2n) is 13.1. The van der Waals surface area contributed by atoms with Crippen LogP contribution in [0.2, 0.25) is 15.1 Å². The maximum absolute atomic E-state index is 11.8. The van der Waals surface area contributed by atoms with Gasteiger partial charge in [0.15, 0.2) is 5.78 Å². The van der Waals surface area contributed by atoms with Gasteiger partial charge in [-0.1, -0.05) is 48.3 Å². The summed E-state index contributed by atoms with van der Waals surface area (Å²) < 4.78 is 11.1. The summed E-state index contributed by atoms with van der Waals surface area (Å²) in [4.78, 5) is 62.3. The van der Waals surface area contributed by atoms with Crippen LogP contribution in [0, 0.1) is 48.5 Å². The number of hydrogen-bond acceptors (Lipinski definition) is 15. The molecule has 7 rings (SSSR count). The molecular formula is C41H45BrCl3N7O7S3. The summed E-state index contributed by atoms with van der Waals surface area (Å²) in [6.45, 7) is 22.7. The second kappa shape index (κ2) is 23.0. The molecular weight excluding hydrogens is 985 g/mol. The van der Waals surface area contributed by atoms with Gasteiger partial charge in [0.1, 0.15) is 28.9 Å². The van der Waals surface area contributed by atoms with Crippen LogP contribution in [-0.4, -0.2) is 61.2 Å². The van der Waals surface area contributed by atoms with Crippen LogP contribution < -0.4 is 17.2 Å². The van der Waals surface area contributed by atoms with Crippen LogP contribution in [0.4, 0.5) is 0 Å². The Morgan fingerprint density at radius 3 is 1.69 bits per heavy atom. The summed E-state index contributed by atoms with van der Waals surface area (Å²) >= 11 is 25.7. The Hall–Kier alpha value is -4.11. The number of aryl methyl sites for hydroxylation is 7. The number of carbonyl (C=O) groups is 3. The number of halogens is 4. The van der Waals surface area contributed by atoms with Gasteiger partial charge in [-0.15, -0.1) is 34.0 Å². The van der Waals surface area contributed by atoms with Gasteiger partial charge in [0.2, 0.25) is 0 Å². The van der Waals surface area contributed by atoms with E-state index >= 15 is 0 Å². The van der Waals surface area contributed by atoms with Crippen molar-refractivity contribution in [2.75, 3.05) is 13.2 Å². The van der Waals surface area contributed by atoms with E-state index in [2.05, 4.69) is 66.3 Å². The SMILES string of the molecule is C=COCCC.CC(=O)c1c(C(=O)O)sc2nc(C)c(Cl)c(C)c12.CCOC(=O)c1sc2nc(C)c(Cl)c(C)c2c1Br.Cc1nc2sc3c(=O)[nH]nc(C)c3c2c(C)c1Cl.NN. The van der Waals surface area contributed by atoms with Crippen LogP contribution in [0.1, 0.15) is 96.4 Å². The predicted molar refractivity (Wildman–Crippen MR) is 258 cm³/mol. The lowest BCUT2D eigenvalue weighted by atomic mass is 10.0. The zero-order valence-electron chi connectivity index (χ0n) is 35.5. The van der Waals surface area contributed by atoms with Gasteiger partial charge in [-0.25, -0.2) is 29.6 Å². The van der Waals surface area contributed by atoms with Crippen LogP contribution in [0.3, 0.4) is 0 Å². The molecule has 0 spiro atoms. The molecule has 7 aromatic rings. The number of esters is 1.